The van der Waals surface area contributed by atoms with Gasteiger partial charge in [0.25, 0.3) is 0 Å². The zero-order valence-electron chi connectivity index (χ0n) is 64.7. The van der Waals surface area contributed by atoms with Crippen molar-refractivity contribution in [2.45, 2.75) is 224 Å². The van der Waals surface area contributed by atoms with Crippen molar-refractivity contribution in [3.8, 4) is 0 Å². The standard InChI is InChI=1S/4C12H21Si.C10H15.C3H9P.W.4Y.11H/c4*1-8-9(2)11(4)12(10(8)3)13(5,6)7;1-6-7(2)9(4)10(5)8(6)3;1-4(2)3;;;;;;;;;;;;;;;;/h4*1-7H3;1-5H3;1-3H3;;;;;;;;;;;;;;;;/q5*-1;;;4*+3;11*-1. The molecule has 0 spiro atoms. The van der Waals surface area contributed by atoms with Crippen LogP contribution in [0.5, 0.6) is 0 Å². The van der Waals surface area contributed by atoms with Gasteiger partial charge in [-0.05, 0) is 20.0 Å². The minimum Gasteiger partial charge on any atom is -1.00 e. The Morgan fingerprint density at radius 3 is 0.380 bits per heavy atom. The Balaban J connectivity index is -0.0000000403. The van der Waals surface area contributed by atoms with Crippen LogP contribution in [0.3, 0.4) is 0 Å². The van der Waals surface area contributed by atoms with Gasteiger partial charge in [-0.15, -0.1) is 7.92 Å². The average Bonchev–Trinajstić information content (AvgIpc) is 3.72. The molecule has 0 amide bonds. The Kier molecular flexibility index (Phi) is 41.4. The molecule has 5 aromatic carbocycles. The van der Waals surface area contributed by atoms with Gasteiger partial charge in [-0.1, -0.05) is 224 Å². The Hall–Kier alpha value is 3.15. The SMILES string of the molecule is CP(C)C.Cc1c(C)c(C)[c-](C)c1C.Cc1c(C)c(C)[c-]([Si](C)(C)C)c1C.Cc1c(C)c(C)[c-]([Si](C)(C)C)c1C.Cc1c(C)c(C)[c-]([Si](C)(C)C)c1C.Cc1c(C)c(C)[c-]([Si](C)(C)C)c1C.[H-].[H-].[H-].[H-].[H-].[H-].[H-].[H-].[H-].[H-].[H-].[W].[Y+3].[Y+3].[Y+3].[Y+3]. The summed E-state index contributed by atoms with van der Waals surface area (Å²) in [5.41, 5.74) is 31.8. The maximum atomic E-state index is 2.43. The fraction of sp³-hybridized carbons (Fsp3) is 0.590. The van der Waals surface area contributed by atoms with Gasteiger partial charge in [0.05, 0.1) is 0 Å². The summed E-state index contributed by atoms with van der Waals surface area (Å²) in [6.07, 6.45) is 0. The maximum absolute atomic E-state index is 2.43. The zero-order valence-corrected chi connectivity index (χ0v) is 72.8. The van der Waals surface area contributed by atoms with Crippen molar-refractivity contribution < 1.29 is 168 Å². The first-order valence-electron chi connectivity index (χ1n) is 25.1. The van der Waals surface area contributed by atoms with Crippen molar-refractivity contribution in [3.63, 3.8) is 0 Å². The average molecular weight is 1540 g/mol. The molecule has 10 heteroatoms. The van der Waals surface area contributed by atoms with Crippen LogP contribution in [0.25, 0.3) is 0 Å². The maximum Gasteiger partial charge on any atom is 3.00 e. The second kappa shape index (κ2) is 34.4. The topological polar surface area (TPSA) is 0 Å². The first kappa shape index (κ1) is 85.4. The molecule has 0 aliphatic rings. The smallest absolute Gasteiger partial charge is 1.00 e. The third-order valence-corrected chi connectivity index (χ3v) is 24.6. The molecule has 0 unspecified atom stereocenters. The molecule has 0 radical (unpaired) electrons. The minimum atomic E-state index is -1.13. The number of hydrogen-bond acceptors (Lipinski definition) is 0. The van der Waals surface area contributed by atoms with Crippen molar-refractivity contribution in [2.75, 3.05) is 20.0 Å². The molecule has 0 aliphatic heterocycles. The fourth-order valence-corrected chi connectivity index (χ4v) is 21.3. The minimum absolute atomic E-state index is 0. The van der Waals surface area contributed by atoms with Crippen LogP contribution in [0.4, 0.5) is 0 Å². The molecule has 0 atom stereocenters. The second-order valence-corrected chi connectivity index (χ2v) is 47.6. The van der Waals surface area contributed by atoms with Gasteiger partial charge < -0.3 is 15.7 Å². The predicted octanol–water partition coefficient (Wildman–Crippen LogP) is 18.3. The predicted molar refractivity (Wildman–Crippen MR) is 338 cm³/mol. The normalized spacial score (nSPS) is 10.9. The third kappa shape index (κ3) is 22.9. The molecule has 0 N–H and O–H groups in total. The van der Waals surface area contributed by atoms with E-state index in [4.69, 9.17) is 0 Å². The molecule has 5 rings (SSSR count). The largest absolute Gasteiger partial charge is 3.00 e. The quantitative estimate of drug-likeness (QED) is 0.0956. The van der Waals surface area contributed by atoms with Crippen LogP contribution in [0.1, 0.15) is 133 Å². The van der Waals surface area contributed by atoms with E-state index in [0.29, 0.717) is 7.92 Å². The third-order valence-electron chi connectivity index (χ3n) is 15.6. The van der Waals surface area contributed by atoms with E-state index in [1.54, 1.807) is 65.3 Å². The van der Waals surface area contributed by atoms with E-state index in [2.05, 4.69) is 244 Å². The summed E-state index contributed by atoms with van der Waals surface area (Å²) in [4.78, 5) is 0. The molecule has 5 aromatic rings. The molecule has 0 aromatic heterocycles. The molecule has 0 saturated heterocycles. The Morgan fingerprint density at radius 1 is 0.254 bits per heavy atom. The van der Waals surface area contributed by atoms with Gasteiger partial charge in [-0.25, -0.2) is 0 Å². The van der Waals surface area contributed by atoms with Gasteiger partial charge >= 0.3 is 131 Å². The van der Waals surface area contributed by atoms with Crippen LogP contribution in [-0.2, 0) is 152 Å². The number of rotatable bonds is 4. The van der Waals surface area contributed by atoms with Crippen molar-refractivity contribution in [3.05, 3.63) is 117 Å². The fourth-order valence-electron chi connectivity index (χ4n) is 10.8. The molecular formula is C61H119PSi4WY4-4. The molecule has 0 heterocycles. The van der Waals surface area contributed by atoms with Gasteiger partial charge in [0.2, 0.25) is 0 Å². The van der Waals surface area contributed by atoms with E-state index >= 15 is 0 Å². The van der Waals surface area contributed by atoms with Crippen LogP contribution in [0.15, 0.2) is 0 Å². The van der Waals surface area contributed by atoms with Crippen LogP contribution >= 0.6 is 7.92 Å². The van der Waals surface area contributed by atoms with E-state index in [9.17, 15) is 0 Å². The van der Waals surface area contributed by atoms with Crippen molar-refractivity contribution in [1.29, 1.82) is 0 Å². The number of hydrogen-bond donors (Lipinski definition) is 0. The second-order valence-electron chi connectivity index (χ2n) is 25.0. The first-order valence-corrected chi connectivity index (χ1v) is 41.8. The van der Waals surface area contributed by atoms with E-state index < -0.39 is 32.3 Å². The summed E-state index contributed by atoms with van der Waals surface area (Å²) in [7, 11) is -4.15. The summed E-state index contributed by atoms with van der Waals surface area (Å²) >= 11 is 0. The summed E-state index contributed by atoms with van der Waals surface area (Å²) in [6, 6.07) is 0. The van der Waals surface area contributed by atoms with E-state index in [1.165, 1.54) is 72.3 Å². The molecular weight excluding hydrogens is 1420 g/mol. The van der Waals surface area contributed by atoms with E-state index in [1.807, 2.05) is 0 Å². The van der Waals surface area contributed by atoms with Crippen LogP contribution in [0, 0.1) is 145 Å². The van der Waals surface area contributed by atoms with E-state index in [0.717, 1.165) is 0 Å². The first-order chi connectivity index (χ1) is 29.3. The molecule has 0 fully saturated rings. The van der Waals surface area contributed by atoms with Gasteiger partial charge in [0.15, 0.2) is 0 Å². The zero-order chi connectivity index (χ0) is 53.0. The Morgan fingerprint density at radius 2 is 0.338 bits per heavy atom. The van der Waals surface area contributed by atoms with Gasteiger partial charge in [0.1, 0.15) is 0 Å². The molecule has 0 nitrogen and oxygen atoms in total. The molecule has 0 bridgehead atoms. The Labute approximate surface area is 581 Å². The van der Waals surface area contributed by atoms with Gasteiger partial charge in [-0.2, -0.15) is 138 Å². The van der Waals surface area contributed by atoms with E-state index in [-0.39, 0.29) is 168 Å². The van der Waals surface area contributed by atoms with Gasteiger partial charge in [0, 0.05) is 53.4 Å². The van der Waals surface area contributed by atoms with Gasteiger partial charge in [-0.3, -0.25) is 0 Å². The summed E-state index contributed by atoms with van der Waals surface area (Å²) in [5, 5.41) is 6.73. The van der Waals surface area contributed by atoms with Crippen LogP contribution < -0.4 is 20.7 Å². The summed E-state index contributed by atoms with van der Waals surface area (Å²) in [6.45, 7) is 83.1. The van der Waals surface area contributed by atoms with Crippen molar-refractivity contribution in [2.24, 2.45) is 0 Å². The summed E-state index contributed by atoms with van der Waals surface area (Å²) in [5.74, 6) is 0. The molecule has 0 saturated carbocycles. The van der Waals surface area contributed by atoms with Crippen LogP contribution in [-0.4, -0.2) is 52.3 Å². The summed E-state index contributed by atoms with van der Waals surface area (Å²) < 4.78 is 0. The monoisotopic (exact) mass is 1530 g/mol. The van der Waals surface area contributed by atoms with Crippen molar-refractivity contribution >= 4 is 61.0 Å². The molecule has 71 heavy (non-hydrogen) atoms. The van der Waals surface area contributed by atoms with Crippen LogP contribution in [0.2, 0.25) is 78.6 Å². The Bertz CT molecular complexity index is 1990. The molecule has 0 aliphatic carbocycles. The van der Waals surface area contributed by atoms with Crippen molar-refractivity contribution in [1.82, 2.24) is 0 Å². The molecule has 406 valence electrons.